The summed E-state index contributed by atoms with van der Waals surface area (Å²) < 4.78 is 30.7. The van der Waals surface area contributed by atoms with Crippen LogP contribution in [0.15, 0.2) is 71.3 Å². The summed E-state index contributed by atoms with van der Waals surface area (Å²) in [5.74, 6) is 0.141. The lowest BCUT2D eigenvalue weighted by Crippen LogP contribution is -2.37. The first kappa shape index (κ1) is 22.9. The predicted octanol–water partition coefficient (Wildman–Crippen LogP) is 3.31. The summed E-state index contributed by atoms with van der Waals surface area (Å²) in [5.41, 5.74) is 2.18. The van der Waals surface area contributed by atoms with Crippen LogP contribution < -0.4 is 20.3 Å². The van der Waals surface area contributed by atoms with Gasteiger partial charge in [-0.3, -0.25) is 9.10 Å². The molecule has 0 unspecified atom stereocenters. The van der Waals surface area contributed by atoms with Crippen molar-refractivity contribution < 1.29 is 22.4 Å². The van der Waals surface area contributed by atoms with Crippen molar-refractivity contribution in [3.05, 3.63) is 78.3 Å². The van der Waals surface area contributed by atoms with Gasteiger partial charge < -0.3 is 20.4 Å². The van der Waals surface area contributed by atoms with Crippen LogP contribution in [0.1, 0.15) is 11.3 Å². The predicted molar refractivity (Wildman–Crippen MR) is 123 cm³/mol. The number of anilines is 3. The second-order valence-electron chi connectivity index (χ2n) is 7.07. The van der Waals surface area contributed by atoms with Crippen LogP contribution in [0.4, 0.5) is 21.9 Å². The molecule has 0 radical (unpaired) electrons. The molecule has 168 valence electrons. The molecule has 9 nitrogen and oxygen atoms in total. The molecule has 2 aromatic carbocycles. The van der Waals surface area contributed by atoms with Crippen molar-refractivity contribution in [1.82, 2.24) is 5.32 Å². The molecule has 0 saturated heterocycles. The number of para-hydroxylation sites is 1. The van der Waals surface area contributed by atoms with E-state index in [9.17, 15) is 18.0 Å². The van der Waals surface area contributed by atoms with Crippen molar-refractivity contribution in [2.45, 2.75) is 13.5 Å². The van der Waals surface area contributed by atoms with Gasteiger partial charge in [0.05, 0.1) is 24.8 Å². The number of nitrogens with one attached hydrogen (secondary N) is 3. The highest BCUT2D eigenvalue weighted by atomic mass is 32.2. The Hall–Kier alpha value is -3.79. The van der Waals surface area contributed by atoms with Crippen molar-refractivity contribution in [3.63, 3.8) is 0 Å². The third-order valence-electron chi connectivity index (χ3n) is 4.50. The van der Waals surface area contributed by atoms with Crippen LogP contribution in [0.25, 0.3) is 0 Å². The zero-order valence-corrected chi connectivity index (χ0v) is 18.5. The van der Waals surface area contributed by atoms with Crippen LogP contribution >= 0.6 is 0 Å². The fourth-order valence-electron chi connectivity index (χ4n) is 2.95. The van der Waals surface area contributed by atoms with E-state index in [0.29, 0.717) is 22.8 Å². The summed E-state index contributed by atoms with van der Waals surface area (Å²) in [5, 5.41) is 8.01. The average molecular weight is 457 g/mol. The van der Waals surface area contributed by atoms with Gasteiger partial charge in [0.2, 0.25) is 15.9 Å². The number of carbonyl (C=O) groups excluding carboxylic acids is 2. The van der Waals surface area contributed by atoms with E-state index in [1.165, 1.54) is 6.26 Å². The van der Waals surface area contributed by atoms with Crippen LogP contribution in [0.2, 0.25) is 0 Å². The van der Waals surface area contributed by atoms with Crippen molar-refractivity contribution in [1.29, 1.82) is 0 Å². The summed E-state index contributed by atoms with van der Waals surface area (Å²) in [6.07, 6.45) is 2.59. The number of urea groups is 1. The molecule has 1 aromatic heterocycles. The molecule has 0 saturated carbocycles. The Morgan fingerprint density at radius 1 is 0.938 bits per heavy atom. The number of aryl methyl sites for hydroxylation is 1. The van der Waals surface area contributed by atoms with Gasteiger partial charge in [-0.2, -0.15) is 0 Å². The molecule has 0 aliphatic heterocycles. The maximum atomic E-state index is 12.5. The van der Waals surface area contributed by atoms with E-state index in [1.807, 2.05) is 0 Å². The number of benzene rings is 2. The molecule has 3 aromatic rings. The Bertz CT molecular complexity index is 1180. The molecular weight excluding hydrogens is 432 g/mol. The van der Waals surface area contributed by atoms with Gasteiger partial charge in [0.15, 0.2) is 0 Å². The van der Waals surface area contributed by atoms with Gasteiger partial charge in [-0.15, -0.1) is 0 Å². The number of nitrogens with zero attached hydrogens (tertiary/aromatic N) is 1. The first-order chi connectivity index (χ1) is 15.2. The highest BCUT2D eigenvalue weighted by molar-refractivity contribution is 7.92. The highest BCUT2D eigenvalue weighted by Crippen LogP contribution is 2.22. The Labute approximate surface area is 186 Å². The maximum absolute atomic E-state index is 12.5. The zero-order chi connectivity index (χ0) is 23.1. The molecule has 3 rings (SSSR count). The summed E-state index contributed by atoms with van der Waals surface area (Å²) >= 11 is 0. The minimum absolute atomic E-state index is 0.255. The lowest BCUT2D eigenvalue weighted by Gasteiger charge is -2.23. The monoisotopic (exact) mass is 456 g/mol. The number of amides is 3. The Balaban J connectivity index is 1.57. The lowest BCUT2D eigenvalue weighted by molar-refractivity contribution is -0.114. The quantitative estimate of drug-likeness (QED) is 0.480. The van der Waals surface area contributed by atoms with E-state index < -0.39 is 22.0 Å². The van der Waals surface area contributed by atoms with E-state index in [2.05, 4.69) is 16.0 Å². The van der Waals surface area contributed by atoms with E-state index in [4.69, 9.17) is 4.42 Å². The molecule has 0 fully saturated rings. The SMILES string of the molecule is Cc1ccccc1N(CC(=O)Nc1ccc(NC(=O)NCc2ccco2)cc1)S(C)(=O)=O. The fraction of sp³-hybridized carbons (Fsp3) is 0.182. The second-order valence-corrected chi connectivity index (χ2v) is 8.98. The molecule has 32 heavy (non-hydrogen) atoms. The smallest absolute Gasteiger partial charge is 0.319 e. The third kappa shape index (κ3) is 6.35. The number of furan rings is 1. The van der Waals surface area contributed by atoms with Crippen molar-refractivity contribution >= 4 is 39.0 Å². The molecular formula is C22H24N4O5S. The lowest BCUT2D eigenvalue weighted by atomic mass is 10.2. The van der Waals surface area contributed by atoms with Crippen LogP contribution in [0.5, 0.6) is 0 Å². The number of carbonyl (C=O) groups is 2. The van der Waals surface area contributed by atoms with Crippen LogP contribution in [0, 0.1) is 6.92 Å². The normalized spacial score (nSPS) is 10.9. The number of sulfonamides is 1. The molecule has 3 amide bonds. The fourth-order valence-corrected chi connectivity index (χ4v) is 3.86. The number of hydrogen-bond acceptors (Lipinski definition) is 5. The van der Waals surface area contributed by atoms with Gasteiger partial charge in [-0.1, -0.05) is 18.2 Å². The largest absolute Gasteiger partial charge is 0.467 e. The molecule has 0 spiro atoms. The molecule has 3 N–H and O–H groups in total. The highest BCUT2D eigenvalue weighted by Gasteiger charge is 2.22. The number of rotatable bonds is 8. The maximum Gasteiger partial charge on any atom is 0.319 e. The topological polar surface area (TPSA) is 121 Å². The summed E-state index contributed by atoms with van der Waals surface area (Å²) in [4.78, 5) is 24.5. The molecule has 10 heteroatoms. The Kier molecular flexibility index (Phi) is 7.16. The number of hydrogen-bond donors (Lipinski definition) is 3. The van der Waals surface area contributed by atoms with Gasteiger partial charge in [-0.25, -0.2) is 13.2 Å². The standard InChI is InChI=1S/C22H24N4O5S/c1-16-6-3-4-8-20(16)26(32(2,29)30)15-21(27)24-17-9-11-18(12-10-17)25-22(28)23-14-19-7-5-13-31-19/h3-13H,14-15H2,1-2H3,(H,24,27)(H2,23,25,28). The first-order valence-electron chi connectivity index (χ1n) is 9.73. The van der Waals surface area contributed by atoms with Crippen LogP contribution in [0.3, 0.4) is 0 Å². The van der Waals surface area contributed by atoms with Crippen molar-refractivity contribution in [2.75, 3.05) is 27.7 Å². The average Bonchev–Trinajstić information content (AvgIpc) is 3.26. The minimum Gasteiger partial charge on any atom is -0.467 e. The van der Waals surface area contributed by atoms with Crippen molar-refractivity contribution in [2.24, 2.45) is 0 Å². The van der Waals surface area contributed by atoms with Crippen molar-refractivity contribution in [3.8, 4) is 0 Å². The van der Waals surface area contributed by atoms with Gasteiger partial charge >= 0.3 is 6.03 Å². The zero-order valence-electron chi connectivity index (χ0n) is 17.7. The summed E-state index contributed by atoms with van der Waals surface area (Å²) in [6, 6.07) is 16.5. The van der Waals surface area contributed by atoms with Crippen LogP contribution in [-0.2, 0) is 21.4 Å². The third-order valence-corrected chi connectivity index (χ3v) is 5.63. The molecule has 0 aliphatic carbocycles. The Morgan fingerprint density at radius 2 is 1.59 bits per heavy atom. The molecule has 1 heterocycles. The van der Waals surface area contributed by atoms with Gasteiger partial charge in [0.1, 0.15) is 12.3 Å². The van der Waals surface area contributed by atoms with Gasteiger partial charge in [0, 0.05) is 11.4 Å². The summed E-state index contributed by atoms with van der Waals surface area (Å²) in [7, 11) is -3.66. The summed E-state index contributed by atoms with van der Waals surface area (Å²) in [6.45, 7) is 1.67. The molecule has 0 aliphatic rings. The second kappa shape index (κ2) is 10.0. The minimum atomic E-state index is -3.66. The van der Waals surface area contributed by atoms with Gasteiger partial charge in [-0.05, 0) is 55.0 Å². The van der Waals surface area contributed by atoms with E-state index in [0.717, 1.165) is 16.1 Å². The van der Waals surface area contributed by atoms with E-state index >= 15 is 0 Å². The van der Waals surface area contributed by atoms with Gasteiger partial charge in [0.25, 0.3) is 0 Å². The first-order valence-corrected chi connectivity index (χ1v) is 11.6. The Morgan fingerprint density at radius 3 is 2.19 bits per heavy atom. The van der Waals surface area contributed by atoms with Crippen LogP contribution in [-0.4, -0.2) is 33.2 Å². The van der Waals surface area contributed by atoms with E-state index in [-0.39, 0.29) is 13.1 Å². The molecule has 0 bridgehead atoms. The van der Waals surface area contributed by atoms with E-state index in [1.54, 1.807) is 67.6 Å². The molecule has 0 atom stereocenters.